The zero-order chi connectivity index (χ0) is 21.3. The number of piperidine rings is 1. The van der Waals surface area contributed by atoms with Gasteiger partial charge in [0.25, 0.3) is 5.91 Å². The predicted molar refractivity (Wildman–Crippen MR) is 119 cm³/mol. The molecule has 1 fully saturated rings. The van der Waals surface area contributed by atoms with Gasteiger partial charge in [0, 0.05) is 35.1 Å². The smallest absolute Gasteiger partial charge is 0.252 e. The average molecular weight is 444 g/mol. The Balaban J connectivity index is 1.61. The minimum Gasteiger partial charge on any atom is -0.349 e. The number of amides is 1. The molecule has 1 aromatic heterocycles. The third-order valence-electron chi connectivity index (χ3n) is 5.36. The van der Waals surface area contributed by atoms with E-state index in [1.165, 1.54) is 10.6 Å². The number of carbonyl (C=O) groups excluding carboxylic acids is 1. The summed E-state index contributed by atoms with van der Waals surface area (Å²) in [5.41, 5.74) is 2.86. The largest absolute Gasteiger partial charge is 0.349 e. The van der Waals surface area contributed by atoms with E-state index in [-0.39, 0.29) is 11.9 Å². The van der Waals surface area contributed by atoms with Crippen molar-refractivity contribution in [3.8, 4) is 11.3 Å². The molecule has 156 valence electrons. The summed E-state index contributed by atoms with van der Waals surface area (Å²) in [5, 5.41) is 4.49. The molecule has 3 aromatic rings. The van der Waals surface area contributed by atoms with Gasteiger partial charge in [0.05, 0.1) is 23.0 Å². The number of rotatable bonds is 4. The van der Waals surface area contributed by atoms with Crippen LogP contribution in [-0.2, 0) is 10.0 Å². The highest BCUT2D eigenvalue weighted by atomic mass is 35.5. The van der Waals surface area contributed by atoms with Gasteiger partial charge in [-0.25, -0.2) is 17.7 Å². The standard InChI is InChI=1S/C22H22ClN3O3S/c1-30(28,29)26-12-10-17(11-13-26)24-22(27)19-14-21(15-6-8-16(23)9-7-15)25-20-5-3-2-4-18(19)20/h2-9,14,17H,10-13H2,1H3,(H,24,27). The van der Waals surface area contributed by atoms with Crippen LogP contribution in [0.15, 0.2) is 54.6 Å². The molecule has 0 spiro atoms. The Morgan fingerprint density at radius 1 is 1.10 bits per heavy atom. The van der Waals surface area contributed by atoms with Gasteiger partial charge in [0.2, 0.25) is 10.0 Å². The Kier molecular flexibility index (Phi) is 5.77. The molecule has 0 aliphatic carbocycles. The third-order valence-corrected chi connectivity index (χ3v) is 6.91. The molecule has 1 aliphatic heterocycles. The molecular formula is C22H22ClN3O3S. The quantitative estimate of drug-likeness (QED) is 0.666. The molecule has 0 bridgehead atoms. The molecule has 1 aliphatic rings. The number of aromatic nitrogens is 1. The Labute approximate surface area is 180 Å². The molecule has 2 aromatic carbocycles. The summed E-state index contributed by atoms with van der Waals surface area (Å²) in [6.07, 6.45) is 2.39. The minimum absolute atomic E-state index is 0.0681. The van der Waals surface area contributed by atoms with Crippen molar-refractivity contribution in [2.45, 2.75) is 18.9 Å². The van der Waals surface area contributed by atoms with E-state index in [9.17, 15) is 13.2 Å². The van der Waals surface area contributed by atoms with E-state index in [0.29, 0.717) is 42.2 Å². The highest BCUT2D eigenvalue weighted by Crippen LogP contribution is 2.26. The molecule has 0 unspecified atom stereocenters. The summed E-state index contributed by atoms with van der Waals surface area (Å²) in [6, 6.07) is 16.6. The summed E-state index contributed by atoms with van der Waals surface area (Å²) in [7, 11) is -3.20. The molecule has 6 nitrogen and oxygen atoms in total. The van der Waals surface area contributed by atoms with E-state index in [1.54, 1.807) is 18.2 Å². The minimum atomic E-state index is -3.20. The fourth-order valence-electron chi connectivity index (χ4n) is 3.73. The number of carbonyl (C=O) groups is 1. The van der Waals surface area contributed by atoms with Crippen LogP contribution < -0.4 is 5.32 Å². The zero-order valence-corrected chi connectivity index (χ0v) is 18.1. The molecule has 2 heterocycles. The number of halogens is 1. The number of nitrogens with zero attached hydrogens (tertiary/aromatic N) is 2. The van der Waals surface area contributed by atoms with Crippen molar-refractivity contribution < 1.29 is 13.2 Å². The summed E-state index contributed by atoms with van der Waals surface area (Å²) >= 11 is 6.00. The maximum Gasteiger partial charge on any atom is 0.252 e. The van der Waals surface area contributed by atoms with Crippen LogP contribution in [-0.4, -0.2) is 49.0 Å². The van der Waals surface area contributed by atoms with E-state index in [2.05, 4.69) is 5.32 Å². The first kappa shape index (κ1) is 20.8. The predicted octanol–water partition coefficient (Wildman–Crippen LogP) is 3.71. The fourth-order valence-corrected chi connectivity index (χ4v) is 4.73. The SMILES string of the molecule is CS(=O)(=O)N1CCC(NC(=O)c2cc(-c3ccc(Cl)cc3)nc3ccccc23)CC1. The number of hydrogen-bond donors (Lipinski definition) is 1. The summed E-state index contributed by atoms with van der Waals surface area (Å²) in [4.78, 5) is 17.9. The summed E-state index contributed by atoms with van der Waals surface area (Å²) < 4.78 is 24.9. The first-order chi connectivity index (χ1) is 14.3. The van der Waals surface area contributed by atoms with Gasteiger partial charge < -0.3 is 5.32 Å². The zero-order valence-electron chi connectivity index (χ0n) is 16.5. The second-order valence-corrected chi connectivity index (χ2v) is 9.91. The van der Waals surface area contributed by atoms with Crippen LogP contribution in [0.1, 0.15) is 23.2 Å². The van der Waals surface area contributed by atoms with Crippen LogP contribution in [0.2, 0.25) is 5.02 Å². The van der Waals surface area contributed by atoms with Crippen molar-refractivity contribution >= 4 is 38.4 Å². The molecule has 0 atom stereocenters. The lowest BCUT2D eigenvalue weighted by molar-refractivity contribution is 0.0925. The molecule has 30 heavy (non-hydrogen) atoms. The van der Waals surface area contributed by atoms with Crippen molar-refractivity contribution in [2.24, 2.45) is 0 Å². The van der Waals surface area contributed by atoms with Gasteiger partial charge in [0.15, 0.2) is 0 Å². The average Bonchev–Trinajstić information content (AvgIpc) is 2.73. The molecule has 1 saturated heterocycles. The Bertz CT molecular complexity index is 1190. The summed E-state index contributed by atoms with van der Waals surface area (Å²) in [5.74, 6) is -0.179. The molecule has 1 amide bonds. The Morgan fingerprint density at radius 3 is 2.43 bits per heavy atom. The molecular weight excluding hydrogens is 422 g/mol. The summed E-state index contributed by atoms with van der Waals surface area (Å²) in [6.45, 7) is 0.827. The highest BCUT2D eigenvalue weighted by Gasteiger charge is 2.26. The molecule has 0 radical (unpaired) electrons. The number of benzene rings is 2. The number of nitrogens with one attached hydrogen (secondary N) is 1. The van der Waals surface area contributed by atoms with Gasteiger partial charge in [-0.15, -0.1) is 0 Å². The van der Waals surface area contributed by atoms with E-state index in [4.69, 9.17) is 16.6 Å². The number of hydrogen-bond acceptors (Lipinski definition) is 4. The van der Waals surface area contributed by atoms with E-state index in [1.807, 2.05) is 36.4 Å². The first-order valence-electron chi connectivity index (χ1n) is 9.73. The van der Waals surface area contributed by atoms with Gasteiger partial charge in [0.1, 0.15) is 0 Å². The molecule has 4 rings (SSSR count). The number of sulfonamides is 1. The Hall–Kier alpha value is -2.48. The van der Waals surface area contributed by atoms with Crippen molar-refractivity contribution in [1.29, 1.82) is 0 Å². The normalized spacial score (nSPS) is 15.9. The topological polar surface area (TPSA) is 79.4 Å². The van der Waals surface area contributed by atoms with Crippen LogP contribution >= 0.6 is 11.6 Å². The van der Waals surface area contributed by atoms with Gasteiger partial charge in [-0.3, -0.25) is 4.79 Å². The maximum absolute atomic E-state index is 13.2. The second kappa shape index (κ2) is 8.34. The van der Waals surface area contributed by atoms with E-state index >= 15 is 0 Å². The number of fused-ring (bicyclic) bond motifs is 1. The lowest BCUT2D eigenvalue weighted by Gasteiger charge is -2.30. The van der Waals surface area contributed by atoms with Crippen molar-refractivity contribution in [1.82, 2.24) is 14.6 Å². The number of pyridine rings is 1. The maximum atomic E-state index is 13.2. The van der Waals surface area contributed by atoms with Gasteiger partial charge in [-0.1, -0.05) is 41.9 Å². The van der Waals surface area contributed by atoms with E-state index < -0.39 is 10.0 Å². The van der Waals surface area contributed by atoms with Crippen molar-refractivity contribution in [3.63, 3.8) is 0 Å². The monoisotopic (exact) mass is 443 g/mol. The highest BCUT2D eigenvalue weighted by molar-refractivity contribution is 7.88. The van der Waals surface area contributed by atoms with Crippen LogP contribution in [0.5, 0.6) is 0 Å². The van der Waals surface area contributed by atoms with Crippen molar-refractivity contribution in [3.05, 3.63) is 65.2 Å². The molecule has 0 saturated carbocycles. The molecule has 1 N–H and O–H groups in total. The number of para-hydroxylation sites is 1. The fraction of sp³-hybridized carbons (Fsp3) is 0.273. The van der Waals surface area contributed by atoms with Crippen LogP contribution in [0.4, 0.5) is 0 Å². The molecule has 8 heteroatoms. The first-order valence-corrected chi connectivity index (χ1v) is 12.0. The lowest BCUT2D eigenvalue weighted by Crippen LogP contribution is -2.46. The van der Waals surface area contributed by atoms with Crippen LogP contribution in [0.3, 0.4) is 0 Å². The van der Waals surface area contributed by atoms with Crippen LogP contribution in [0, 0.1) is 0 Å². The third kappa shape index (κ3) is 4.48. The van der Waals surface area contributed by atoms with Crippen LogP contribution in [0.25, 0.3) is 22.2 Å². The van der Waals surface area contributed by atoms with E-state index in [0.717, 1.165) is 16.5 Å². The second-order valence-electron chi connectivity index (χ2n) is 7.49. The van der Waals surface area contributed by atoms with Gasteiger partial charge in [-0.2, -0.15) is 0 Å². The van der Waals surface area contributed by atoms with Crippen molar-refractivity contribution in [2.75, 3.05) is 19.3 Å². The van der Waals surface area contributed by atoms with Gasteiger partial charge in [-0.05, 0) is 37.1 Å². The lowest BCUT2D eigenvalue weighted by atomic mass is 10.0. The van der Waals surface area contributed by atoms with Gasteiger partial charge >= 0.3 is 0 Å². The Morgan fingerprint density at radius 2 is 1.77 bits per heavy atom.